The van der Waals surface area contributed by atoms with Gasteiger partial charge in [0.15, 0.2) is 0 Å². The minimum Gasteiger partial charge on any atom is -0.494 e. The molecule has 0 saturated heterocycles. The first-order valence-corrected chi connectivity index (χ1v) is 8.88. The third kappa shape index (κ3) is 4.25. The summed E-state index contributed by atoms with van der Waals surface area (Å²) < 4.78 is 44.3. The third-order valence-corrected chi connectivity index (χ3v) is 4.84. The lowest BCUT2D eigenvalue weighted by molar-refractivity contribution is -0.137. The number of rotatable bonds is 6. The predicted octanol–water partition coefficient (Wildman–Crippen LogP) is 5.86. The Morgan fingerprint density at radius 2 is 1.96 bits per heavy atom. The van der Waals surface area contributed by atoms with Gasteiger partial charge in [0, 0.05) is 15.9 Å². The molecule has 1 heterocycles. The Hall–Kier alpha value is -2.67. The molecule has 0 spiro atoms. The van der Waals surface area contributed by atoms with E-state index in [1.807, 2.05) is 6.92 Å². The highest BCUT2D eigenvalue weighted by molar-refractivity contribution is 6.31. The average molecular weight is 412 g/mol. The summed E-state index contributed by atoms with van der Waals surface area (Å²) in [6.07, 6.45) is -3.65. The van der Waals surface area contributed by atoms with Crippen LogP contribution in [-0.2, 0) is 12.6 Å². The Kier molecular flexibility index (Phi) is 5.56. The number of aromatic amines is 1. The van der Waals surface area contributed by atoms with Gasteiger partial charge < -0.3 is 14.8 Å². The van der Waals surface area contributed by atoms with Crippen molar-refractivity contribution in [1.29, 1.82) is 0 Å². The van der Waals surface area contributed by atoms with E-state index >= 15 is 0 Å². The normalized spacial score (nSPS) is 11.8. The van der Waals surface area contributed by atoms with E-state index in [-0.39, 0.29) is 11.2 Å². The van der Waals surface area contributed by atoms with E-state index in [1.54, 1.807) is 18.2 Å². The van der Waals surface area contributed by atoms with Crippen LogP contribution in [0.3, 0.4) is 0 Å². The van der Waals surface area contributed by atoms with Crippen molar-refractivity contribution < 1.29 is 27.8 Å². The number of carbonyl (C=O) groups is 1. The van der Waals surface area contributed by atoms with Gasteiger partial charge in [-0.1, -0.05) is 17.7 Å². The number of benzene rings is 2. The lowest BCUT2D eigenvalue weighted by Gasteiger charge is -2.08. The van der Waals surface area contributed by atoms with Crippen molar-refractivity contribution in [3.63, 3.8) is 0 Å². The van der Waals surface area contributed by atoms with Crippen LogP contribution in [0.5, 0.6) is 5.75 Å². The van der Waals surface area contributed by atoms with Crippen LogP contribution in [0.25, 0.3) is 10.9 Å². The van der Waals surface area contributed by atoms with Gasteiger partial charge in [0.2, 0.25) is 0 Å². The number of carboxylic acid groups (broad SMARTS) is 1. The van der Waals surface area contributed by atoms with Crippen LogP contribution >= 0.6 is 11.6 Å². The number of aryl methyl sites for hydroxylation is 2. The Balaban J connectivity index is 1.76. The van der Waals surface area contributed by atoms with E-state index in [4.69, 9.17) is 16.3 Å². The van der Waals surface area contributed by atoms with Crippen molar-refractivity contribution in [1.82, 2.24) is 4.98 Å². The van der Waals surface area contributed by atoms with Crippen LogP contribution < -0.4 is 4.74 Å². The second kappa shape index (κ2) is 7.75. The van der Waals surface area contributed by atoms with Gasteiger partial charge in [0.25, 0.3) is 0 Å². The first-order chi connectivity index (χ1) is 13.2. The van der Waals surface area contributed by atoms with Gasteiger partial charge in [-0.15, -0.1) is 0 Å². The van der Waals surface area contributed by atoms with Crippen molar-refractivity contribution in [3.8, 4) is 5.75 Å². The van der Waals surface area contributed by atoms with Crippen molar-refractivity contribution in [3.05, 3.63) is 63.8 Å². The van der Waals surface area contributed by atoms with Crippen LogP contribution in [0, 0.1) is 6.92 Å². The Bertz CT molecular complexity index is 1030. The fourth-order valence-corrected chi connectivity index (χ4v) is 3.14. The molecule has 0 unspecified atom stereocenters. The highest BCUT2D eigenvalue weighted by Crippen LogP contribution is 2.33. The highest BCUT2D eigenvalue weighted by Gasteiger charge is 2.31. The molecule has 28 heavy (non-hydrogen) atoms. The molecule has 0 aliphatic rings. The number of fused-ring (bicyclic) bond motifs is 1. The van der Waals surface area contributed by atoms with Crippen LogP contribution in [0.2, 0.25) is 5.02 Å². The highest BCUT2D eigenvalue weighted by atomic mass is 35.5. The van der Waals surface area contributed by atoms with Gasteiger partial charge in [0.05, 0.1) is 12.2 Å². The average Bonchev–Trinajstić information content (AvgIpc) is 2.99. The fourth-order valence-electron chi connectivity index (χ4n) is 3.02. The minimum atomic E-state index is -4.49. The summed E-state index contributed by atoms with van der Waals surface area (Å²) in [5.41, 5.74) is 0.566. The number of alkyl halides is 3. The number of aromatic nitrogens is 1. The van der Waals surface area contributed by atoms with Crippen LogP contribution in [0.15, 0.2) is 36.4 Å². The zero-order valence-corrected chi connectivity index (χ0v) is 15.6. The topological polar surface area (TPSA) is 62.3 Å². The van der Waals surface area contributed by atoms with Gasteiger partial charge in [-0.25, -0.2) is 4.79 Å². The third-order valence-electron chi connectivity index (χ3n) is 4.42. The van der Waals surface area contributed by atoms with E-state index in [2.05, 4.69) is 4.98 Å². The maximum atomic E-state index is 12.9. The molecule has 3 aromatic rings. The quantitative estimate of drug-likeness (QED) is 0.499. The van der Waals surface area contributed by atoms with Crippen molar-refractivity contribution in [2.75, 3.05) is 6.61 Å². The molecule has 0 aliphatic carbocycles. The number of halogens is 4. The molecule has 0 fully saturated rings. The smallest absolute Gasteiger partial charge is 0.416 e. The first kappa shape index (κ1) is 20.1. The minimum absolute atomic E-state index is 0.100. The van der Waals surface area contributed by atoms with Gasteiger partial charge in [-0.05, 0) is 61.2 Å². The molecule has 2 aromatic carbocycles. The largest absolute Gasteiger partial charge is 0.494 e. The SMILES string of the molecule is Cc1cc(OCCCc2c(C(=O)O)[nH]c3cc(C(F)(F)F)ccc23)ccc1Cl. The molecule has 0 saturated carbocycles. The second-order valence-corrected chi connectivity index (χ2v) is 6.81. The van der Waals surface area contributed by atoms with Gasteiger partial charge in [-0.2, -0.15) is 13.2 Å². The molecule has 0 amide bonds. The number of ether oxygens (including phenoxy) is 1. The first-order valence-electron chi connectivity index (χ1n) is 8.51. The van der Waals surface area contributed by atoms with E-state index in [0.29, 0.717) is 41.2 Å². The molecule has 8 heteroatoms. The van der Waals surface area contributed by atoms with Gasteiger partial charge in [0.1, 0.15) is 11.4 Å². The molecule has 0 bridgehead atoms. The van der Waals surface area contributed by atoms with Crippen molar-refractivity contribution >= 4 is 28.5 Å². The summed E-state index contributed by atoms with van der Waals surface area (Å²) >= 11 is 5.97. The Morgan fingerprint density at radius 3 is 2.61 bits per heavy atom. The van der Waals surface area contributed by atoms with Crippen molar-refractivity contribution in [2.45, 2.75) is 25.9 Å². The molecule has 4 nitrogen and oxygen atoms in total. The monoisotopic (exact) mass is 411 g/mol. The number of nitrogens with one attached hydrogen (secondary N) is 1. The summed E-state index contributed by atoms with van der Waals surface area (Å²) in [6, 6.07) is 8.46. The predicted molar refractivity (Wildman–Crippen MR) is 100 cm³/mol. The van der Waals surface area contributed by atoms with Gasteiger partial charge in [-0.3, -0.25) is 0 Å². The van der Waals surface area contributed by atoms with E-state index in [1.165, 1.54) is 6.07 Å². The lowest BCUT2D eigenvalue weighted by atomic mass is 10.0. The van der Waals surface area contributed by atoms with Gasteiger partial charge >= 0.3 is 12.1 Å². The summed E-state index contributed by atoms with van der Waals surface area (Å²) in [4.78, 5) is 14.1. The molecule has 2 N–H and O–H groups in total. The van der Waals surface area contributed by atoms with Crippen LogP contribution in [0.4, 0.5) is 13.2 Å². The molecule has 0 radical (unpaired) electrons. The second-order valence-electron chi connectivity index (χ2n) is 6.40. The zero-order valence-electron chi connectivity index (χ0n) is 14.9. The molecule has 1 aromatic heterocycles. The van der Waals surface area contributed by atoms with E-state index in [9.17, 15) is 23.1 Å². The number of carboxylic acids is 1. The van der Waals surface area contributed by atoms with Crippen LogP contribution in [0.1, 0.15) is 33.6 Å². The van der Waals surface area contributed by atoms with E-state index < -0.39 is 17.7 Å². The Morgan fingerprint density at radius 1 is 1.21 bits per heavy atom. The maximum absolute atomic E-state index is 12.9. The molecule has 148 valence electrons. The molecule has 3 rings (SSSR count). The summed E-state index contributed by atoms with van der Waals surface area (Å²) in [6.45, 7) is 2.18. The number of hydrogen-bond acceptors (Lipinski definition) is 2. The Labute approximate surface area is 163 Å². The molecule has 0 atom stereocenters. The number of H-pyrrole nitrogens is 1. The lowest BCUT2D eigenvalue weighted by Crippen LogP contribution is -2.04. The standard InChI is InChI=1S/C20H17ClF3NO3/c1-11-9-13(5-7-16(11)21)28-8-2-3-15-14-6-4-12(20(22,23)24)10-17(14)25-18(15)19(26)27/h4-7,9-10,25H,2-3,8H2,1H3,(H,26,27). The molecule has 0 aliphatic heterocycles. The van der Waals surface area contributed by atoms with Crippen molar-refractivity contribution in [2.24, 2.45) is 0 Å². The van der Waals surface area contributed by atoms with E-state index in [0.717, 1.165) is 17.7 Å². The summed E-state index contributed by atoms with van der Waals surface area (Å²) in [7, 11) is 0. The maximum Gasteiger partial charge on any atom is 0.416 e. The summed E-state index contributed by atoms with van der Waals surface area (Å²) in [5.74, 6) is -0.567. The fraction of sp³-hybridized carbons (Fsp3) is 0.250. The molecular weight excluding hydrogens is 395 g/mol. The van der Waals surface area contributed by atoms with Crippen LogP contribution in [-0.4, -0.2) is 22.7 Å². The number of hydrogen-bond donors (Lipinski definition) is 2. The summed E-state index contributed by atoms with van der Waals surface area (Å²) in [5, 5.41) is 10.5. The zero-order chi connectivity index (χ0) is 20.5. The number of aromatic carboxylic acids is 1. The molecular formula is C20H17ClF3NO3.